The average Bonchev–Trinajstić information content (AvgIpc) is 3.39. The first-order valence-electron chi connectivity index (χ1n) is 9.92. The zero-order valence-electron chi connectivity index (χ0n) is 17.3. The summed E-state index contributed by atoms with van der Waals surface area (Å²) in [5, 5.41) is 5.22. The van der Waals surface area contributed by atoms with Crippen LogP contribution < -0.4 is 4.74 Å². The Kier molecular flexibility index (Phi) is 5.39. The van der Waals surface area contributed by atoms with Crippen LogP contribution in [-0.4, -0.2) is 29.3 Å². The fraction of sp³-hybridized carbons (Fsp3) is 0.261. The second-order valence-corrected chi connectivity index (χ2v) is 9.56. The Morgan fingerprint density at radius 1 is 1.07 bits per heavy atom. The standard InChI is InChI=1S/C23H25N3O3S/c1-17(2)9-11-25-16-20(15-24-25)18-5-4-6-22(14-18)30(27,28)26-12-10-19-13-21(29-3)7-8-23(19)26/h4-8,10,12-17H,9,11H2,1-3H3. The van der Waals surface area contributed by atoms with Crippen LogP contribution in [0.4, 0.5) is 0 Å². The first-order chi connectivity index (χ1) is 14.4. The first-order valence-corrected chi connectivity index (χ1v) is 11.4. The highest BCUT2D eigenvalue weighted by molar-refractivity contribution is 7.90. The van der Waals surface area contributed by atoms with Crippen LogP contribution in [0.3, 0.4) is 0 Å². The molecule has 2 aromatic heterocycles. The van der Waals surface area contributed by atoms with Crippen molar-refractivity contribution in [1.29, 1.82) is 0 Å². The van der Waals surface area contributed by atoms with Crippen molar-refractivity contribution in [3.8, 4) is 16.9 Å². The van der Waals surface area contributed by atoms with Crippen LogP contribution >= 0.6 is 0 Å². The van der Waals surface area contributed by atoms with Gasteiger partial charge < -0.3 is 4.74 Å². The van der Waals surface area contributed by atoms with Crippen LogP contribution in [0.15, 0.2) is 72.0 Å². The van der Waals surface area contributed by atoms with Crippen molar-refractivity contribution in [2.24, 2.45) is 5.92 Å². The highest BCUT2D eigenvalue weighted by Crippen LogP contribution is 2.28. The molecular formula is C23H25N3O3S. The summed E-state index contributed by atoms with van der Waals surface area (Å²) < 4.78 is 35.1. The van der Waals surface area contributed by atoms with Crippen LogP contribution in [0.2, 0.25) is 0 Å². The van der Waals surface area contributed by atoms with Crippen LogP contribution in [0.1, 0.15) is 20.3 Å². The van der Waals surface area contributed by atoms with E-state index >= 15 is 0 Å². The van der Waals surface area contributed by atoms with Crippen LogP contribution in [-0.2, 0) is 16.6 Å². The zero-order valence-corrected chi connectivity index (χ0v) is 18.1. The van der Waals surface area contributed by atoms with Gasteiger partial charge in [-0.2, -0.15) is 5.10 Å². The number of aryl methyl sites for hydroxylation is 1. The average molecular weight is 424 g/mol. The second-order valence-electron chi connectivity index (χ2n) is 7.74. The Labute approximate surface area is 176 Å². The summed E-state index contributed by atoms with van der Waals surface area (Å²) in [5.41, 5.74) is 2.34. The first kappa shape index (κ1) is 20.2. The molecule has 2 aromatic carbocycles. The van der Waals surface area contributed by atoms with Gasteiger partial charge >= 0.3 is 0 Å². The summed E-state index contributed by atoms with van der Waals surface area (Å²) in [5.74, 6) is 1.29. The number of ether oxygens (including phenoxy) is 1. The Morgan fingerprint density at radius 3 is 2.67 bits per heavy atom. The Bertz CT molecular complexity index is 1290. The molecule has 0 bridgehead atoms. The summed E-state index contributed by atoms with van der Waals surface area (Å²) >= 11 is 0. The highest BCUT2D eigenvalue weighted by Gasteiger charge is 2.20. The van der Waals surface area contributed by atoms with Crippen molar-refractivity contribution < 1.29 is 13.2 Å². The summed E-state index contributed by atoms with van der Waals surface area (Å²) in [6.45, 7) is 5.20. The van der Waals surface area contributed by atoms with E-state index in [0.717, 1.165) is 29.5 Å². The maximum atomic E-state index is 13.3. The van der Waals surface area contributed by atoms with Crippen molar-refractivity contribution in [3.05, 3.63) is 67.1 Å². The minimum absolute atomic E-state index is 0.239. The lowest BCUT2D eigenvalue weighted by Gasteiger charge is -2.09. The van der Waals surface area contributed by atoms with E-state index in [9.17, 15) is 8.42 Å². The second kappa shape index (κ2) is 7.99. The molecule has 0 aliphatic heterocycles. The number of nitrogens with zero attached hydrogens (tertiary/aromatic N) is 3. The van der Waals surface area contributed by atoms with E-state index in [1.54, 1.807) is 55.9 Å². The number of benzene rings is 2. The normalized spacial score (nSPS) is 12.0. The Morgan fingerprint density at radius 2 is 1.90 bits per heavy atom. The van der Waals surface area contributed by atoms with Crippen LogP contribution in [0.25, 0.3) is 22.0 Å². The third-order valence-corrected chi connectivity index (χ3v) is 6.84. The molecule has 6 nitrogen and oxygen atoms in total. The molecule has 0 saturated carbocycles. The van der Waals surface area contributed by atoms with E-state index < -0.39 is 10.0 Å². The molecule has 0 fully saturated rings. The quantitative estimate of drug-likeness (QED) is 0.428. The maximum Gasteiger partial charge on any atom is 0.268 e. The number of rotatable bonds is 7. The lowest BCUT2D eigenvalue weighted by atomic mass is 10.1. The van der Waals surface area contributed by atoms with E-state index in [4.69, 9.17) is 4.74 Å². The van der Waals surface area contributed by atoms with Gasteiger partial charge in [0.1, 0.15) is 5.75 Å². The Balaban J connectivity index is 1.68. The van der Waals surface area contributed by atoms with Gasteiger partial charge in [0.05, 0.1) is 23.7 Å². The van der Waals surface area contributed by atoms with Gasteiger partial charge in [-0.15, -0.1) is 0 Å². The van der Waals surface area contributed by atoms with Crippen molar-refractivity contribution in [1.82, 2.24) is 13.8 Å². The fourth-order valence-electron chi connectivity index (χ4n) is 3.41. The lowest BCUT2D eigenvalue weighted by Crippen LogP contribution is -2.11. The SMILES string of the molecule is COc1ccc2c(ccn2S(=O)(=O)c2cccc(-c3cnn(CCC(C)C)c3)c2)c1. The zero-order chi connectivity index (χ0) is 21.3. The molecule has 0 aliphatic carbocycles. The molecule has 0 unspecified atom stereocenters. The third-order valence-electron chi connectivity index (χ3n) is 5.15. The van der Waals surface area contributed by atoms with Crippen LogP contribution in [0, 0.1) is 5.92 Å². The molecule has 4 aromatic rings. The van der Waals surface area contributed by atoms with E-state index in [1.165, 1.54) is 3.97 Å². The Hall–Kier alpha value is -3.06. The topological polar surface area (TPSA) is 66.1 Å². The smallest absolute Gasteiger partial charge is 0.268 e. The van der Waals surface area contributed by atoms with Gasteiger partial charge in [0.25, 0.3) is 10.0 Å². The van der Waals surface area contributed by atoms with E-state index in [0.29, 0.717) is 17.2 Å². The minimum Gasteiger partial charge on any atom is -0.497 e. The number of aromatic nitrogens is 3. The molecular weight excluding hydrogens is 398 g/mol. The summed E-state index contributed by atoms with van der Waals surface area (Å²) in [6, 6.07) is 14.1. The minimum atomic E-state index is -3.74. The van der Waals surface area contributed by atoms with Gasteiger partial charge in [0.15, 0.2) is 0 Å². The molecule has 0 spiro atoms. The van der Waals surface area contributed by atoms with Gasteiger partial charge in [-0.25, -0.2) is 12.4 Å². The van der Waals surface area contributed by atoms with E-state index in [2.05, 4.69) is 18.9 Å². The van der Waals surface area contributed by atoms with Crippen molar-refractivity contribution >= 4 is 20.9 Å². The van der Waals surface area contributed by atoms with Gasteiger partial charge in [0, 0.05) is 29.9 Å². The van der Waals surface area contributed by atoms with Gasteiger partial charge in [-0.3, -0.25) is 4.68 Å². The number of methoxy groups -OCH3 is 1. The summed E-state index contributed by atoms with van der Waals surface area (Å²) in [6.07, 6.45) is 6.37. The van der Waals surface area contributed by atoms with E-state index in [-0.39, 0.29) is 4.90 Å². The molecule has 0 radical (unpaired) electrons. The molecule has 0 aliphatic rings. The monoisotopic (exact) mass is 423 g/mol. The van der Waals surface area contributed by atoms with Crippen LogP contribution in [0.5, 0.6) is 5.75 Å². The lowest BCUT2D eigenvalue weighted by molar-refractivity contribution is 0.415. The van der Waals surface area contributed by atoms with Gasteiger partial charge in [-0.1, -0.05) is 26.0 Å². The molecule has 0 amide bonds. The molecule has 4 rings (SSSR count). The van der Waals surface area contributed by atoms with Gasteiger partial charge in [0.2, 0.25) is 0 Å². The summed E-state index contributed by atoms with van der Waals surface area (Å²) in [4.78, 5) is 0.239. The maximum absolute atomic E-state index is 13.3. The summed E-state index contributed by atoms with van der Waals surface area (Å²) in [7, 11) is -2.15. The molecule has 0 atom stereocenters. The van der Waals surface area contributed by atoms with Crippen molar-refractivity contribution in [2.75, 3.05) is 7.11 Å². The van der Waals surface area contributed by atoms with Gasteiger partial charge in [-0.05, 0) is 54.3 Å². The van der Waals surface area contributed by atoms with Crippen molar-refractivity contribution in [3.63, 3.8) is 0 Å². The molecule has 156 valence electrons. The van der Waals surface area contributed by atoms with Crippen molar-refractivity contribution in [2.45, 2.75) is 31.7 Å². The molecule has 30 heavy (non-hydrogen) atoms. The predicted octanol–water partition coefficient (Wildman–Crippen LogP) is 4.80. The fourth-order valence-corrected chi connectivity index (χ4v) is 4.81. The predicted molar refractivity (Wildman–Crippen MR) is 118 cm³/mol. The number of hydrogen-bond acceptors (Lipinski definition) is 4. The third kappa shape index (κ3) is 3.85. The molecule has 2 heterocycles. The molecule has 0 N–H and O–H groups in total. The highest BCUT2D eigenvalue weighted by atomic mass is 32.2. The number of fused-ring (bicyclic) bond motifs is 1. The number of hydrogen-bond donors (Lipinski definition) is 0. The molecule has 0 saturated heterocycles. The molecule has 7 heteroatoms. The van der Waals surface area contributed by atoms with E-state index in [1.807, 2.05) is 23.0 Å². The largest absolute Gasteiger partial charge is 0.497 e.